The van der Waals surface area contributed by atoms with Crippen LogP contribution < -0.4 is 0 Å². The zero-order valence-corrected chi connectivity index (χ0v) is 12.1. The van der Waals surface area contributed by atoms with Crippen molar-refractivity contribution in [2.45, 2.75) is 26.7 Å². The van der Waals surface area contributed by atoms with Gasteiger partial charge < -0.3 is 4.74 Å². The first-order valence-corrected chi connectivity index (χ1v) is 7.09. The van der Waals surface area contributed by atoms with Crippen molar-refractivity contribution in [2.75, 3.05) is 6.61 Å². The Kier molecular flexibility index (Phi) is 4.94. The van der Waals surface area contributed by atoms with E-state index >= 15 is 0 Å². The molecule has 0 bridgehead atoms. The molecule has 1 aromatic carbocycles. The van der Waals surface area contributed by atoms with E-state index in [1.165, 1.54) is 11.1 Å². The molecule has 1 aromatic rings. The molecule has 0 heterocycles. The fraction of sp³-hybridized carbons (Fsp3) is 0.278. The van der Waals surface area contributed by atoms with Crippen LogP contribution in [0.4, 0.5) is 0 Å². The van der Waals surface area contributed by atoms with Gasteiger partial charge in [0.1, 0.15) is 0 Å². The lowest BCUT2D eigenvalue weighted by atomic mass is 10.0. The normalized spacial score (nSPS) is 14.3. The van der Waals surface area contributed by atoms with E-state index in [2.05, 4.69) is 37.3 Å². The summed E-state index contributed by atoms with van der Waals surface area (Å²) in [7, 11) is 0. The molecule has 0 aliphatic heterocycles. The van der Waals surface area contributed by atoms with Crippen molar-refractivity contribution in [1.29, 1.82) is 0 Å². The van der Waals surface area contributed by atoms with Gasteiger partial charge in [-0.15, -0.1) is 0 Å². The molecule has 0 N–H and O–H groups in total. The summed E-state index contributed by atoms with van der Waals surface area (Å²) in [6.07, 6.45) is 9.64. The molecule has 0 unspecified atom stereocenters. The van der Waals surface area contributed by atoms with E-state index in [1.807, 2.05) is 25.2 Å². The molecule has 0 atom stereocenters. The zero-order chi connectivity index (χ0) is 14.4. The van der Waals surface area contributed by atoms with Gasteiger partial charge in [-0.2, -0.15) is 0 Å². The molecular weight excluding hydrogens is 248 g/mol. The van der Waals surface area contributed by atoms with E-state index in [-0.39, 0.29) is 5.97 Å². The third-order valence-corrected chi connectivity index (χ3v) is 3.32. The number of ether oxygens (including phenoxy) is 1. The lowest BCUT2D eigenvalue weighted by molar-refractivity contribution is -0.138. The van der Waals surface area contributed by atoms with Gasteiger partial charge >= 0.3 is 5.97 Å². The second-order valence-electron chi connectivity index (χ2n) is 4.66. The van der Waals surface area contributed by atoms with Crippen molar-refractivity contribution in [1.82, 2.24) is 0 Å². The van der Waals surface area contributed by atoms with Crippen molar-refractivity contribution in [2.24, 2.45) is 0 Å². The van der Waals surface area contributed by atoms with E-state index in [0.717, 1.165) is 18.4 Å². The highest BCUT2D eigenvalue weighted by atomic mass is 16.5. The molecule has 0 saturated carbocycles. The Bertz CT molecular complexity index is 560. The molecule has 20 heavy (non-hydrogen) atoms. The Labute approximate surface area is 120 Å². The largest absolute Gasteiger partial charge is 0.462 e. The van der Waals surface area contributed by atoms with Crippen LogP contribution >= 0.6 is 0 Å². The number of carbonyl (C=O) groups is 1. The molecule has 0 saturated heterocycles. The standard InChI is InChI=1S/C18H20O2/c1-3-14-8-10-16(11-9-14)15-6-5-7-17(13-12-15)18(19)20-4-2/h6-13H,3-5H2,1-2H3. The smallest absolute Gasteiger partial charge is 0.337 e. The van der Waals surface area contributed by atoms with Gasteiger partial charge in [0.05, 0.1) is 12.2 Å². The maximum atomic E-state index is 11.7. The quantitative estimate of drug-likeness (QED) is 0.769. The van der Waals surface area contributed by atoms with Crippen LogP contribution in [0.5, 0.6) is 0 Å². The van der Waals surface area contributed by atoms with E-state index in [0.29, 0.717) is 12.2 Å². The number of rotatable bonds is 4. The Morgan fingerprint density at radius 3 is 2.50 bits per heavy atom. The van der Waals surface area contributed by atoms with Crippen molar-refractivity contribution >= 4 is 11.5 Å². The van der Waals surface area contributed by atoms with Crippen molar-refractivity contribution in [3.8, 4) is 0 Å². The average Bonchev–Trinajstić information content (AvgIpc) is 2.73. The minimum atomic E-state index is -0.250. The lowest BCUT2D eigenvalue weighted by Crippen LogP contribution is -2.05. The number of hydrogen-bond acceptors (Lipinski definition) is 2. The van der Waals surface area contributed by atoms with Crippen LogP contribution in [-0.2, 0) is 16.0 Å². The van der Waals surface area contributed by atoms with Crippen LogP contribution in [0.3, 0.4) is 0 Å². The van der Waals surface area contributed by atoms with Crippen LogP contribution in [0, 0.1) is 0 Å². The SMILES string of the molecule is CCOC(=O)C1=CCC=C(c2ccc(CC)cc2)C=C1. The number of allylic oxidation sites excluding steroid dienone is 4. The Hall–Kier alpha value is -2.09. The number of carbonyl (C=O) groups excluding carboxylic acids is 1. The van der Waals surface area contributed by atoms with E-state index in [4.69, 9.17) is 4.74 Å². The molecule has 0 radical (unpaired) electrons. The zero-order valence-electron chi connectivity index (χ0n) is 12.1. The predicted octanol–water partition coefficient (Wildman–Crippen LogP) is 4.08. The van der Waals surface area contributed by atoms with Gasteiger partial charge in [-0.05, 0) is 42.5 Å². The summed E-state index contributed by atoms with van der Waals surface area (Å²) in [6.45, 7) is 4.37. The molecule has 2 rings (SSSR count). The van der Waals surface area contributed by atoms with Crippen LogP contribution in [0.25, 0.3) is 5.57 Å². The minimum absolute atomic E-state index is 0.250. The summed E-state index contributed by atoms with van der Waals surface area (Å²) >= 11 is 0. The number of hydrogen-bond donors (Lipinski definition) is 0. The second kappa shape index (κ2) is 6.90. The van der Waals surface area contributed by atoms with E-state index in [9.17, 15) is 4.79 Å². The summed E-state index contributed by atoms with van der Waals surface area (Å²) < 4.78 is 5.03. The Morgan fingerprint density at radius 2 is 1.85 bits per heavy atom. The topological polar surface area (TPSA) is 26.3 Å². The highest BCUT2D eigenvalue weighted by Crippen LogP contribution is 2.21. The van der Waals surface area contributed by atoms with Crippen LogP contribution in [0.15, 0.2) is 54.1 Å². The third kappa shape index (κ3) is 3.47. The first-order valence-electron chi connectivity index (χ1n) is 7.09. The first kappa shape index (κ1) is 14.3. The van der Waals surface area contributed by atoms with Gasteiger partial charge in [-0.25, -0.2) is 4.79 Å². The van der Waals surface area contributed by atoms with Gasteiger partial charge in [0.25, 0.3) is 0 Å². The average molecular weight is 268 g/mol. The van der Waals surface area contributed by atoms with Gasteiger partial charge in [-0.1, -0.05) is 49.4 Å². The Morgan fingerprint density at radius 1 is 1.10 bits per heavy atom. The van der Waals surface area contributed by atoms with Crippen LogP contribution in [0.1, 0.15) is 31.4 Å². The summed E-state index contributed by atoms with van der Waals surface area (Å²) in [5.41, 5.74) is 4.28. The first-order chi connectivity index (χ1) is 9.74. The molecule has 0 amide bonds. The van der Waals surface area contributed by atoms with Crippen LogP contribution in [0.2, 0.25) is 0 Å². The highest BCUT2D eigenvalue weighted by Gasteiger charge is 2.09. The molecule has 1 aliphatic carbocycles. The van der Waals surface area contributed by atoms with Gasteiger partial charge in [-0.3, -0.25) is 0 Å². The summed E-state index contributed by atoms with van der Waals surface area (Å²) in [5, 5.41) is 0. The molecule has 2 heteroatoms. The number of esters is 1. The highest BCUT2D eigenvalue weighted by molar-refractivity contribution is 5.93. The van der Waals surface area contributed by atoms with Gasteiger partial charge in [0.15, 0.2) is 0 Å². The Balaban J connectivity index is 2.14. The molecule has 0 spiro atoms. The fourth-order valence-electron chi connectivity index (χ4n) is 2.14. The maximum Gasteiger partial charge on any atom is 0.337 e. The molecule has 1 aliphatic rings. The summed E-state index contributed by atoms with van der Waals surface area (Å²) in [6, 6.07) is 8.55. The van der Waals surface area contributed by atoms with E-state index in [1.54, 1.807) is 0 Å². The second-order valence-corrected chi connectivity index (χ2v) is 4.66. The summed E-state index contributed by atoms with van der Waals surface area (Å²) in [5.74, 6) is -0.250. The molecular formula is C18H20O2. The summed E-state index contributed by atoms with van der Waals surface area (Å²) in [4.78, 5) is 11.7. The molecule has 2 nitrogen and oxygen atoms in total. The monoisotopic (exact) mass is 268 g/mol. The maximum absolute atomic E-state index is 11.7. The molecule has 0 fully saturated rings. The third-order valence-electron chi connectivity index (χ3n) is 3.32. The number of benzene rings is 1. The molecule has 104 valence electrons. The van der Waals surface area contributed by atoms with Crippen LogP contribution in [-0.4, -0.2) is 12.6 Å². The van der Waals surface area contributed by atoms with Gasteiger partial charge in [0, 0.05) is 0 Å². The van der Waals surface area contributed by atoms with Crippen molar-refractivity contribution < 1.29 is 9.53 Å². The molecule has 0 aromatic heterocycles. The van der Waals surface area contributed by atoms with Crippen molar-refractivity contribution in [3.63, 3.8) is 0 Å². The van der Waals surface area contributed by atoms with Gasteiger partial charge in [0.2, 0.25) is 0 Å². The minimum Gasteiger partial charge on any atom is -0.462 e. The predicted molar refractivity (Wildman–Crippen MR) is 82.3 cm³/mol. The van der Waals surface area contributed by atoms with Crippen molar-refractivity contribution in [3.05, 3.63) is 65.3 Å². The fourth-order valence-corrected chi connectivity index (χ4v) is 2.14. The lowest BCUT2D eigenvalue weighted by Gasteiger charge is -2.03. The van der Waals surface area contributed by atoms with E-state index < -0.39 is 0 Å². The number of aryl methyl sites for hydroxylation is 1.